The SMILES string of the molecule is CCCCn1[c-][n+]2c3c(cccc31)N(C)c1ccc[c-]c1-2.[Ir+3].[c-]1ccccc1-c1ccccn1. The maximum Gasteiger partial charge on any atom is 3.00 e. The molecule has 0 fully saturated rings. The second-order valence-electron chi connectivity index (χ2n) is 8.04. The molecule has 0 saturated carbocycles. The molecule has 0 radical (unpaired) electrons. The van der Waals surface area contributed by atoms with Crippen LogP contribution in [0.3, 0.4) is 0 Å². The molecule has 1 aliphatic heterocycles. The summed E-state index contributed by atoms with van der Waals surface area (Å²) in [7, 11) is 2.12. The van der Waals surface area contributed by atoms with Crippen LogP contribution in [0.5, 0.6) is 0 Å². The van der Waals surface area contributed by atoms with Crippen LogP contribution in [0.25, 0.3) is 28.0 Å². The summed E-state index contributed by atoms with van der Waals surface area (Å²) >= 11 is 0. The summed E-state index contributed by atoms with van der Waals surface area (Å²) in [6.45, 7) is 3.23. The number of aromatic nitrogens is 3. The van der Waals surface area contributed by atoms with Gasteiger partial charge in [-0.05, 0) is 37.0 Å². The number of hydrogen-bond acceptors (Lipinski definition) is 2. The molecule has 0 amide bonds. The Balaban J connectivity index is 0.000000180. The third-order valence-corrected chi connectivity index (χ3v) is 5.87. The molecular formula is C29H26IrN4+. The monoisotopic (exact) mass is 623 g/mol. The van der Waals surface area contributed by atoms with E-state index in [2.05, 4.69) is 75.7 Å². The Morgan fingerprint density at radius 2 is 1.71 bits per heavy atom. The Morgan fingerprint density at radius 1 is 0.882 bits per heavy atom. The molecule has 0 spiro atoms. The molecule has 6 rings (SSSR count). The minimum Gasteiger partial charge on any atom is -0.407 e. The molecule has 0 unspecified atom stereocenters. The standard InChI is InChI=1S/C18H18N3.C11H8N.Ir/c1-3-4-12-20-13-21-15-9-6-5-8-14(15)19(2)16-10-7-11-17(20)18(16)21;1-2-6-10(7-3-1)11-8-4-5-9-12-11;/h5-8,10-11H,3-4,12H2,1-2H3;1-6,8-9H;/q2*-1;+3. The van der Waals surface area contributed by atoms with E-state index < -0.39 is 0 Å². The number of aryl methyl sites for hydroxylation is 1. The van der Waals surface area contributed by atoms with Crippen LogP contribution < -0.4 is 9.47 Å². The van der Waals surface area contributed by atoms with Gasteiger partial charge in [-0.1, -0.05) is 43.3 Å². The molecule has 3 heterocycles. The summed E-state index contributed by atoms with van der Waals surface area (Å²) in [6, 6.07) is 32.8. The number of fused-ring (bicyclic) bond motifs is 2. The van der Waals surface area contributed by atoms with Crippen molar-refractivity contribution in [3.8, 4) is 16.9 Å². The summed E-state index contributed by atoms with van der Waals surface area (Å²) in [4.78, 5) is 6.46. The van der Waals surface area contributed by atoms with Crippen molar-refractivity contribution in [2.24, 2.45) is 0 Å². The van der Waals surface area contributed by atoms with Crippen molar-refractivity contribution in [3.05, 3.63) is 104 Å². The Morgan fingerprint density at radius 3 is 2.47 bits per heavy atom. The Labute approximate surface area is 214 Å². The van der Waals surface area contributed by atoms with Gasteiger partial charge in [0.15, 0.2) is 0 Å². The fourth-order valence-corrected chi connectivity index (χ4v) is 4.18. The van der Waals surface area contributed by atoms with Crippen molar-refractivity contribution in [1.29, 1.82) is 0 Å². The second kappa shape index (κ2) is 10.8. The fraction of sp³-hybridized carbons (Fsp3) is 0.172. The molecular weight excluding hydrogens is 597 g/mol. The van der Waals surface area contributed by atoms with Gasteiger partial charge >= 0.3 is 20.1 Å². The van der Waals surface area contributed by atoms with Crippen molar-refractivity contribution >= 4 is 22.4 Å². The van der Waals surface area contributed by atoms with E-state index in [0.29, 0.717) is 0 Å². The first-order valence-electron chi connectivity index (χ1n) is 11.4. The molecule has 34 heavy (non-hydrogen) atoms. The first-order valence-corrected chi connectivity index (χ1v) is 11.4. The molecule has 5 aromatic rings. The molecule has 2 aromatic heterocycles. The van der Waals surface area contributed by atoms with Crippen molar-refractivity contribution < 1.29 is 24.7 Å². The topological polar surface area (TPSA) is 24.9 Å². The number of para-hydroxylation sites is 2. The molecule has 0 bridgehead atoms. The molecule has 170 valence electrons. The van der Waals surface area contributed by atoms with Crippen molar-refractivity contribution in [2.45, 2.75) is 26.3 Å². The van der Waals surface area contributed by atoms with Crippen molar-refractivity contribution in [1.82, 2.24) is 9.55 Å². The van der Waals surface area contributed by atoms with E-state index >= 15 is 0 Å². The van der Waals surface area contributed by atoms with Crippen LogP contribution in [-0.4, -0.2) is 16.6 Å². The van der Waals surface area contributed by atoms with Crippen molar-refractivity contribution in [2.75, 3.05) is 11.9 Å². The molecule has 4 nitrogen and oxygen atoms in total. The number of imidazole rings is 1. The van der Waals surface area contributed by atoms with E-state index in [1.54, 1.807) is 6.20 Å². The maximum absolute atomic E-state index is 4.22. The Bertz CT molecular complexity index is 1330. The van der Waals surface area contributed by atoms with Gasteiger partial charge in [-0.15, -0.1) is 35.9 Å². The van der Waals surface area contributed by atoms with E-state index in [9.17, 15) is 0 Å². The van der Waals surface area contributed by atoms with Gasteiger partial charge in [0.25, 0.3) is 0 Å². The number of benzene rings is 3. The molecule has 5 heteroatoms. The predicted molar refractivity (Wildman–Crippen MR) is 133 cm³/mol. The van der Waals surface area contributed by atoms with Gasteiger partial charge in [-0.2, -0.15) is 24.3 Å². The molecule has 0 saturated heterocycles. The normalized spacial score (nSPS) is 11.3. The van der Waals surface area contributed by atoms with Gasteiger partial charge in [-0.25, -0.2) is 0 Å². The van der Waals surface area contributed by atoms with E-state index in [-0.39, 0.29) is 20.1 Å². The summed E-state index contributed by atoms with van der Waals surface area (Å²) < 4.78 is 4.40. The summed E-state index contributed by atoms with van der Waals surface area (Å²) in [5.74, 6) is 0. The first-order chi connectivity index (χ1) is 16.3. The summed E-state index contributed by atoms with van der Waals surface area (Å²) in [5, 5.41) is 0. The number of hydrogen-bond donors (Lipinski definition) is 0. The number of rotatable bonds is 4. The summed E-state index contributed by atoms with van der Waals surface area (Å²) in [6.07, 6.45) is 7.67. The van der Waals surface area contributed by atoms with E-state index in [1.807, 2.05) is 54.6 Å². The third-order valence-electron chi connectivity index (χ3n) is 5.87. The molecule has 3 aromatic carbocycles. The van der Waals surface area contributed by atoms with E-state index in [4.69, 9.17) is 0 Å². The zero-order valence-corrected chi connectivity index (χ0v) is 21.7. The minimum absolute atomic E-state index is 0. The number of nitrogens with zero attached hydrogens (tertiary/aromatic N) is 4. The van der Waals surface area contributed by atoms with Gasteiger partial charge in [0.1, 0.15) is 0 Å². The van der Waals surface area contributed by atoms with Gasteiger partial charge in [0.2, 0.25) is 6.33 Å². The average Bonchev–Trinajstić information content (AvgIpc) is 3.27. The minimum atomic E-state index is 0. The van der Waals surface area contributed by atoms with Crippen LogP contribution in [0, 0.1) is 18.5 Å². The van der Waals surface area contributed by atoms with Crippen LogP contribution in [0.1, 0.15) is 19.8 Å². The molecule has 1 aliphatic rings. The van der Waals surface area contributed by atoms with E-state index in [0.717, 1.165) is 23.5 Å². The molecule has 0 aliphatic carbocycles. The zero-order valence-electron chi connectivity index (χ0n) is 19.3. The predicted octanol–water partition coefficient (Wildman–Crippen LogP) is 5.95. The van der Waals surface area contributed by atoms with Gasteiger partial charge in [0, 0.05) is 11.9 Å². The van der Waals surface area contributed by atoms with Gasteiger partial charge in [0.05, 0.1) is 17.6 Å². The Hall–Kier alpha value is -3.27. The Kier molecular flexibility index (Phi) is 7.56. The largest absolute Gasteiger partial charge is 3.00 e. The third kappa shape index (κ3) is 4.54. The maximum atomic E-state index is 4.22. The summed E-state index contributed by atoms with van der Waals surface area (Å²) in [5.41, 5.74) is 7.97. The van der Waals surface area contributed by atoms with Crippen LogP contribution >= 0.6 is 0 Å². The quantitative estimate of drug-likeness (QED) is 0.183. The van der Waals surface area contributed by atoms with E-state index in [1.165, 1.54) is 35.2 Å². The van der Waals surface area contributed by atoms with Crippen LogP contribution in [0.2, 0.25) is 0 Å². The number of anilines is 2. The van der Waals surface area contributed by atoms with Gasteiger partial charge < -0.3 is 19.0 Å². The smallest absolute Gasteiger partial charge is 0.407 e. The van der Waals surface area contributed by atoms with Crippen LogP contribution in [0.4, 0.5) is 11.4 Å². The fourth-order valence-electron chi connectivity index (χ4n) is 4.18. The number of unbranched alkanes of at least 4 members (excludes halogenated alkanes) is 1. The second-order valence-corrected chi connectivity index (χ2v) is 8.04. The van der Waals surface area contributed by atoms with Crippen LogP contribution in [-0.2, 0) is 26.7 Å². The number of pyridine rings is 1. The zero-order chi connectivity index (χ0) is 22.6. The van der Waals surface area contributed by atoms with Gasteiger partial charge in [-0.3, -0.25) is 0 Å². The van der Waals surface area contributed by atoms with Crippen LogP contribution in [0.15, 0.2) is 85.1 Å². The molecule has 0 N–H and O–H groups in total. The first kappa shape index (κ1) is 23.9. The van der Waals surface area contributed by atoms with Crippen molar-refractivity contribution in [3.63, 3.8) is 0 Å². The molecule has 0 atom stereocenters. The average molecular weight is 623 g/mol.